The van der Waals surface area contributed by atoms with E-state index in [0.717, 1.165) is 57.9 Å². The molecule has 4 rings (SSSR count). The first-order valence-electron chi connectivity index (χ1n) is 10.3. The Labute approximate surface area is 185 Å². The Morgan fingerprint density at radius 2 is 1.87 bits per heavy atom. The van der Waals surface area contributed by atoms with Gasteiger partial charge in [0, 0.05) is 24.5 Å². The van der Waals surface area contributed by atoms with Gasteiger partial charge < -0.3 is 14.2 Å². The van der Waals surface area contributed by atoms with Crippen molar-refractivity contribution >= 4 is 34.9 Å². The first-order chi connectivity index (χ1) is 14.9. The molecule has 8 heteroatoms. The second-order valence-corrected chi connectivity index (χ2v) is 8.68. The molecule has 1 aromatic carbocycles. The first kappa shape index (κ1) is 21.2. The van der Waals surface area contributed by atoms with E-state index in [0.29, 0.717) is 18.0 Å². The van der Waals surface area contributed by atoms with E-state index in [4.69, 9.17) is 4.74 Å². The van der Waals surface area contributed by atoms with Gasteiger partial charge in [0.2, 0.25) is 5.91 Å². The molecular weight excluding hydrogens is 414 g/mol. The van der Waals surface area contributed by atoms with Gasteiger partial charge in [-0.2, -0.15) is 0 Å². The topological polar surface area (TPSA) is 71.8 Å². The second kappa shape index (κ2) is 8.63. The van der Waals surface area contributed by atoms with Crippen LogP contribution >= 0.6 is 11.8 Å². The third-order valence-corrected chi connectivity index (χ3v) is 6.62. The molecule has 0 saturated carbocycles. The number of hydrogen-bond donors (Lipinski definition) is 0. The van der Waals surface area contributed by atoms with Crippen molar-refractivity contribution in [2.75, 3.05) is 26.7 Å². The predicted octanol–water partition coefficient (Wildman–Crippen LogP) is 3.76. The van der Waals surface area contributed by atoms with Crippen LogP contribution in [0.1, 0.15) is 29.8 Å². The van der Waals surface area contributed by atoms with Crippen LogP contribution in [-0.2, 0) is 9.59 Å². The van der Waals surface area contributed by atoms with E-state index in [1.807, 2.05) is 44.2 Å². The molecular formula is C23H25N3O4S. The number of carbonyl (C=O) groups excluding carboxylic acids is 3. The number of para-hydroxylation sites is 2. The minimum atomic E-state index is -0.412. The summed E-state index contributed by atoms with van der Waals surface area (Å²) in [6.07, 6.45) is 3.67. The monoisotopic (exact) mass is 439 g/mol. The summed E-state index contributed by atoms with van der Waals surface area (Å²) < 4.78 is 7.56. The van der Waals surface area contributed by atoms with E-state index >= 15 is 0 Å². The molecule has 3 amide bonds. The van der Waals surface area contributed by atoms with Crippen molar-refractivity contribution in [3.05, 3.63) is 52.2 Å². The number of hydrogen-bond acceptors (Lipinski definition) is 5. The highest BCUT2D eigenvalue weighted by molar-refractivity contribution is 8.18. The third-order valence-electron chi connectivity index (χ3n) is 5.71. The van der Waals surface area contributed by atoms with Crippen LogP contribution in [0.3, 0.4) is 0 Å². The molecule has 31 heavy (non-hydrogen) atoms. The van der Waals surface area contributed by atoms with Crippen LogP contribution in [0.15, 0.2) is 35.2 Å². The second-order valence-electron chi connectivity index (χ2n) is 7.69. The van der Waals surface area contributed by atoms with Crippen molar-refractivity contribution in [2.45, 2.75) is 26.7 Å². The number of methoxy groups -OCH3 is 1. The summed E-state index contributed by atoms with van der Waals surface area (Å²) in [5.74, 6) is 0.164. The lowest BCUT2D eigenvalue weighted by molar-refractivity contribution is -0.135. The number of thioether (sulfide) groups is 1. The molecule has 0 N–H and O–H groups in total. The van der Waals surface area contributed by atoms with E-state index in [9.17, 15) is 14.4 Å². The van der Waals surface area contributed by atoms with Gasteiger partial charge in [-0.3, -0.25) is 19.3 Å². The van der Waals surface area contributed by atoms with Gasteiger partial charge in [-0.05, 0) is 68.3 Å². The van der Waals surface area contributed by atoms with Gasteiger partial charge in [-0.15, -0.1) is 0 Å². The molecule has 2 aromatic rings. The highest BCUT2D eigenvalue weighted by Gasteiger charge is 2.37. The Morgan fingerprint density at radius 3 is 2.58 bits per heavy atom. The maximum absolute atomic E-state index is 12.9. The van der Waals surface area contributed by atoms with Crippen LogP contribution in [0, 0.1) is 13.8 Å². The van der Waals surface area contributed by atoms with Crippen molar-refractivity contribution in [1.82, 2.24) is 14.4 Å². The quantitative estimate of drug-likeness (QED) is 0.664. The SMILES string of the molecule is COc1ccccc1-n1c(C)cc(/C=C2\SC(=O)N(CC(=O)N3CCCC3)C2=O)c1C. The normalized spacial score (nSPS) is 17.8. The smallest absolute Gasteiger partial charge is 0.294 e. The highest BCUT2D eigenvalue weighted by atomic mass is 32.2. The van der Waals surface area contributed by atoms with Gasteiger partial charge >= 0.3 is 0 Å². The lowest BCUT2D eigenvalue weighted by Gasteiger charge is -2.18. The molecule has 0 spiro atoms. The Bertz CT molecular complexity index is 1080. The lowest BCUT2D eigenvalue weighted by Crippen LogP contribution is -2.40. The third kappa shape index (κ3) is 3.99. The van der Waals surface area contributed by atoms with Crippen LogP contribution in [0.25, 0.3) is 11.8 Å². The summed E-state index contributed by atoms with van der Waals surface area (Å²) in [5.41, 5.74) is 3.67. The number of carbonyl (C=O) groups is 3. The maximum Gasteiger partial charge on any atom is 0.294 e. The number of rotatable bonds is 5. The van der Waals surface area contributed by atoms with E-state index in [-0.39, 0.29) is 12.5 Å². The number of aryl methyl sites for hydroxylation is 1. The summed E-state index contributed by atoms with van der Waals surface area (Å²) in [6.45, 7) is 5.14. The van der Waals surface area contributed by atoms with Crippen molar-refractivity contribution < 1.29 is 19.1 Å². The van der Waals surface area contributed by atoms with E-state index in [1.165, 1.54) is 0 Å². The number of amides is 3. The zero-order valence-corrected chi connectivity index (χ0v) is 18.7. The van der Waals surface area contributed by atoms with Crippen molar-refractivity contribution in [3.8, 4) is 11.4 Å². The van der Waals surface area contributed by atoms with Crippen molar-refractivity contribution in [2.24, 2.45) is 0 Å². The first-order valence-corrected chi connectivity index (χ1v) is 11.1. The van der Waals surface area contributed by atoms with E-state index < -0.39 is 11.1 Å². The molecule has 0 unspecified atom stereocenters. The minimum absolute atomic E-state index is 0.171. The summed E-state index contributed by atoms with van der Waals surface area (Å²) >= 11 is 0.882. The summed E-state index contributed by atoms with van der Waals surface area (Å²) in [5, 5.41) is -0.401. The van der Waals surface area contributed by atoms with Crippen molar-refractivity contribution in [3.63, 3.8) is 0 Å². The Balaban J connectivity index is 1.60. The zero-order valence-electron chi connectivity index (χ0n) is 17.9. The minimum Gasteiger partial charge on any atom is -0.495 e. The van der Waals surface area contributed by atoms with E-state index in [1.54, 1.807) is 18.1 Å². The van der Waals surface area contributed by atoms with Crippen LogP contribution in [0.5, 0.6) is 5.75 Å². The summed E-state index contributed by atoms with van der Waals surface area (Å²) in [7, 11) is 1.63. The molecule has 162 valence electrons. The molecule has 2 saturated heterocycles. The number of imide groups is 1. The van der Waals surface area contributed by atoms with Crippen LogP contribution < -0.4 is 4.74 Å². The number of benzene rings is 1. The molecule has 7 nitrogen and oxygen atoms in total. The van der Waals surface area contributed by atoms with Crippen LogP contribution in [0.2, 0.25) is 0 Å². The average Bonchev–Trinajstić information content (AvgIpc) is 3.45. The van der Waals surface area contributed by atoms with Crippen molar-refractivity contribution in [1.29, 1.82) is 0 Å². The predicted molar refractivity (Wildman–Crippen MR) is 120 cm³/mol. The Hall–Kier alpha value is -3.00. The van der Waals surface area contributed by atoms with Crippen LogP contribution in [-0.4, -0.2) is 58.2 Å². The van der Waals surface area contributed by atoms with Gasteiger partial charge in [0.1, 0.15) is 12.3 Å². The molecule has 0 aliphatic carbocycles. The molecule has 3 heterocycles. The average molecular weight is 440 g/mol. The van der Waals surface area contributed by atoms with Gasteiger partial charge in [0.15, 0.2) is 0 Å². The maximum atomic E-state index is 12.9. The molecule has 0 atom stereocenters. The van der Waals surface area contributed by atoms with Gasteiger partial charge in [0.05, 0.1) is 17.7 Å². The standard InChI is InChI=1S/C23H25N3O4S/c1-15-12-17(16(2)26(15)18-8-4-5-9-19(18)30-3)13-20-22(28)25(23(29)31-20)14-21(27)24-10-6-7-11-24/h4-5,8-9,12-13H,6-7,10-11,14H2,1-3H3/b20-13-. The zero-order chi connectivity index (χ0) is 22.1. The largest absolute Gasteiger partial charge is 0.495 e. The highest BCUT2D eigenvalue weighted by Crippen LogP contribution is 2.34. The van der Waals surface area contributed by atoms with Gasteiger partial charge in [0.25, 0.3) is 11.1 Å². The fraction of sp³-hybridized carbons (Fsp3) is 0.348. The number of aromatic nitrogens is 1. The number of likely N-dealkylation sites (tertiary alicyclic amines) is 1. The Kier molecular flexibility index (Phi) is 5.91. The molecule has 2 aliphatic rings. The molecule has 2 fully saturated rings. The molecule has 2 aliphatic heterocycles. The summed E-state index contributed by atoms with van der Waals surface area (Å²) in [4.78, 5) is 40.8. The molecule has 1 aromatic heterocycles. The molecule has 0 bridgehead atoms. The number of ether oxygens (including phenoxy) is 1. The van der Waals surface area contributed by atoms with Gasteiger partial charge in [-0.1, -0.05) is 12.1 Å². The molecule has 0 radical (unpaired) electrons. The van der Waals surface area contributed by atoms with E-state index in [2.05, 4.69) is 4.57 Å². The van der Waals surface area contributed by atoms with Crippen LogP contribution in [0.4, 0.5) is 4.79 Å². The number of nitrogens with zero attached hydrogens (tertiary/aromatic N) is 3. The summed E-state index contributed by atoms with van der Waals surface area (Å²) in [6, 6.07) is 9.71. The van der Waals surface area contributed by atoms with Gasteiger partial charge in [-0.25, -0.2) is 0 Å². The lowest BCUT2D eigenvalue weighted by atomic mass is 10.2. The fourth-order valence-electron chi connectivity index (χ4n) is 4.10. The fourth-order valence-corrected chi connectivity index (χ4v) is 4.93. The Morgan fingerprint density at radius 1 is 1.16 bits per heavy atom.